The predicted molar refractivity (Wildman–Crippen MR) is 101 cm³/mol. The normalized spacial score (nSPS) is 10.7. The van der Waals surface area contributed by atoms with Gasteiger partial charge < -0.3 is 15.2 Å². The van der Waals surface area contributed by atoms with Crippen molar-refractivity contribution in [2.24, 2.45) is 0 Å². The van der Waals surface area contributed by atoms with E-state index >= 15 is 0 Å². The fourth-order valence-corrected chi connectivity index (χ4v) is 2.32. The lowest BCUT2D eigenvalue weighted by Gasteiger charge is -2.07. The Balaban J connectivity index is 1.78. The molecule has 6 heteroatoms. The summed E-state index contributed by atoms with van der Waals surface area (Å²) in [7, 11) is 0. The van der Waals surface area contributed by atoms with Crippen LogP contribution in [0.3, 0.4) is 0 Å². The highest BCUT2D eigenvalue weighted by Gasteiger charge is 2.01. The van der Waals surface area contributed by atoms with Crippen LogP contribution in [0.1, 0.15) is 24.0 Å². The zero-order valence-corrected chi connectivity index (χ0v) is 14.9. The molecule has 0 fully saturated rings. The van der Waals surface area contributed by atoms with Crippen LogP contribution >= 0.6 is 11.6 Å². The van der Waals surface area contributed by atoms with Gasteiger partial charge in [-0.1, -0.05) is 41.9 Å². The summed E-state index contributed by atoms with van der Waals surface area (Å²) in [6.45, 7) is 0.720. The van der Waals surface area contributed by atoms with Gasteiger partial charge in [-0.15, -0.1) is 0 Å². The maximum atomic E-state index is 11.6. The summed E-state index contributed by atoms with van der Waals surface area (Å²) in [5.74, 6) is -0.415. The van der Waals surface area contributed by atoms with E-state index in [2.05, 4.69) is 5.32 Å². The van der Waals surface area contributed by atoms with Crippen molar-refractivity contribution in [2.45, 2.75) is 19.4 Å². The van der Waals surface area contributed by atoms with Crippen molar-refractivity contribution in [1.29, 1.82) is 0 Å². The Hall–Kier alpha value is -2.79. The number of benzene rings is 2. The molecule has 136 valence electrons. The summed E-state index contributed by atoms with van der Waals surface area (Å²) in [6.07, 6.45) is 3.55. The summed E-state index contributed by atoms with van der Waals surface area (Å²) in [6, 6.07) is 14.8. The van der Waals surface area contributed by atoms with E-state index in [9.17, 15) is 9.59 Å². The second-order valence-corrected chi connectivity index (χ2v) is 5.98. The highest BCUT2D eigenvalue weighted by molar-refractivity contribution is 6.31. The van der Waals surface area contributed by atoms with Crippen molar-refractivity contribution in [3.05, 3.63) is 70.8 Å². The van der Waals surface area contributed by atoms with E-state index in [-0.39, 0.29) is 12.3 Å². The molecule has 0 aliphatic heterocycles. The van der Waals surface area contributed by atoms with Gasteiger partial charge in [0.2, 0.25) is 5.91 Å². The fraction of sp³-hybridized carbons (Fsp3) is 0.200. The molecule has 0 radical (unpaired) electrons. The topological polar surface area (TPSA) is 75.6 Å². The predicted octanol–water partition coefficient (Wildman–Crippen LogP) is 3.91. The third-order valence-electron chi connectivity index (χ3n) is 3.53. The maximum absolute atomic E-state index is 11.6. The number of carboxylic acids is 1. The van der Waals surface area contributed by atoms with Crippen LogP contribution in [-0.2, 0) is 16.2 Å². The van der Waals surface area contributed by atoms with Crippen molar-refractivity contribution < 1.29 is 19.4 Å². The molecule has 2 aromatic rings. The average molecular weight is 374 g/mol. The number of carbonyl (C=O) groups is 2. The molecule has 1 amide bonds. The number of rotatable bonds is 9. The Kier molecular flexibility index (Phi) is 7.71. The molecule has 26 heavy (non-hydrogen) atoms. The number of aliphatic carboxylic acids is 1. The Bertz CT molecular complexity index is 772. The van der Waals surface area contributed by atoms with Gasteiger partial charge in [-0.25, -0.2) is 0 Å². The van der Waals surface area contributed by atoms with Crippen molar-refractivity contribution in [1.82, 2.24) is 5.32 Å². The van der Waals surface area contributed by atoms with Crippen molar-refractivity contribution in [3.63, 3.8) is 0 Å². The summed E-state index contributed by atoms with van der Waals surface area (Å²) in [5, 5.41) is 11.8. The Morgan fingerprint density at radius 3 is 2.54 bits per heavy atom. The minimum atomic E-state index is -0.869. The number of carbonyl (C=O) groups excluding carboxylic acids is 1. The van der Waals surface area contributed by atoms with Crippen LogP contribution in [-0.4, -0.2) is 23.5 Å². The quantitative estimate of drug-likeness (QED) is 0.516. The van der Waals surface area contributed by atoms with Gasteiger partial charge in [0.15, 0.2) is 0 Å². The number of amides is 1. The number of halogens is 1. The van der Waals surface area contributed by atoms with Crippen molar-refractivity contribution in [2.75, 3.05) is 6.54 Å². The van der Waals surface area contributed by atoms with Gasteiger partial charge in [0.05, 0.1) is 0 Å². The van der Waals surface area contributed by atoms with Crippen LogP contribution in [0.2, 0.25) is 5.02 Å². The first-order valence-corrected chi connectivity index (χ1v) is 8.56. The van der Waals surface area contributed by atoms with Crippen molar-refractivity contribution >= 4 is 29.6 Å². The standard InChI is InChI=1S/C20H20ClNO4/c21-18-5-2-1-4-16(18)14-26-17-10-7-15(8-11-17)9-12-19(23)22-13-3-6-20(24)25/h1-2,4-5,7-12H,3,6,13-14H2,(H,22,23)(H,24,25)/b12-9+. The molecule has 0 aromatic heterocycles. The van der Waals surface area contributed by atoms with E-state index in [1.54, 1.807) is 6.08 Å². The highest BCUT2D eigenvalue weighted by atomic mass is 35.5. The molecule has 2 rings (SSSR count). The first kappa shape index (κ1) is 19.5. The minimum absolute atomic E-state index is 0.0413. The molecule has 0 spiro atoms. The van der Waals surface area contributed by atoms with E-state index in [1.807, 2.05) is 48.5 Å². The molecule has 0 saturated heterocycles. The van der Waals surface area contributed by atoms with Gasteiger partial charge in [-0.05, 0) is 36.3 Å². The number of carboxylic acid groups (broad SMARTS) is 1. The monoisotopic (exact) mass is 373 g/mol. The lowest BCUT2D eigenvalue weighted by Crippen LogP contribution is -2.22. The number of ether oxygens (including phenoxy) is 1. The molecule has 2 N–H and O–H groups in total. The maximum Gasteiger partial charge on any atom is 0.303 e. The largest absolute Gasteiger partial charge is 0.489 e. The fourth-order valence-electron chi connectivity index (χ4n) is 2.13. The molecule has 2 aromatic carbocycles. The van der Waals surface area contributed by atoms with E-state index in [1.165, 1.54) is 6.08 Å². The number of hydrogen-bond donors (Lipinski definition) is 2. The summed E-state index contributed by atoms with van der Waals surface area (Å²) < 4.78 is 5.70. The Labute approximate surface area is 157 Å². The molecule has 0 aliphatic rings. The molecule has 0 saturated carbocycles. The minimum Gasteiger partial charge on any atom is -0.489 e. The molecular formula is C20H20ClNO4. The van der Waals surface area contributed by atoms with Gasteiger partial charge in [-0.2, -0.15) is 0 Å². The van der Waals surface area contributed by atoms with Crippen LogP contribution in [0.15, 0.2) is 54.6 Å². The highest BCUT2D eigenvalue weighted by Crippen LogP contribution is 2.19. The molecule has 0 bridgehead atoms. The molecule has 0 aliphatic carbocycles. The first-order valence-electron chi connectivity index (χ1n) is 8.18. The molecule has 0 unspecified atom stereocenters. The van der Waals surface area contributed by atoms with Gasteiger partial charge in [0, 0.05) is 29.6 Å². The van der Waals surface area contributed by atoms with Crippen molar-refractivity contribution in [3.8, 4) is 5.75 Å². The first-order chi connectivity index (χ1) is 12.5. The zero-order chi connectivity index (χ0) is 18.8. The smallest absolute Gasteiger partial charge is 0.303 e. The molecule has 5 nitrogen and oxygen atoms in total. The van der Waals surface area contributed by atoms with Crippen LogP contribution in [0.5, 0.6) is 5.75 Å². The van der Waals surface area contributed by atoms with Crippen LogP contribution < -0.4 is 10.1 Å². The van der Waals surface area contributed by atoms with Gasteiger partial charge in [0.1, 0.15) is 12.4 Å². The number of hydrogen-bond acceptors (Lipinski definition) is 3. The summed E-state index contributed by atoms with van der Waals surface area (Å²) in [5.41, 5.74) is 1.77. The van der Waals surface area contributed by atoms with Gasteiger partial charge >= 0.3 is 5.97 Å². The third kappa shape index (κ3) is 6.99. The molecule has 0 atom stereocenters. The van der Waals surface area contributed by atoms with Crippen LogP contribution in [0.25, 0.3) is 6.08 Å². The van der Waals surface area contributed by atoms with E-state index in [4.69, 9.17) is 21.4 Å². The molecule has 0 heterocycles. The van der Waals surface area contributed by atoms with E-state index in [0.29, 0.717) is 30.3 Å². The van der Waals surface area contributed by atoms with Crippen LogP contribution in [0, 0.1) is 0 Å². The van der Waals surface area contributed by atoms with Gasteiger partial charge in [0.25, 0.3) is 0 Å². The Morgan fingerprint density at radius 1 is 1.12 bits per heavy atom. The SMILES string of the molecule is O=C(O)CCCNC(=O)/C=C/c1ccc(OCc2ccccc2Cl)cc1. The third-order valence-corrected chi connectivity index (χ3v) is 3.89. The molecular weight excluding hydrogens is 354 g/mol. The second-order valence-electron chi connectivity index (χ2n) is 5.57. The summed E-state index contributed by atoms with van der Waals surface area (Å²) in [4.78, 5) is 22.0. The van der Waals surface area contributed by atoms with E-state index in [0.717, 1.165) is 11.1 Å². The average Bonchev–Trinajstić information content (AvgIpc) is 2.63. The lowest BCUT2D eigenvalue weighted by atomic mass is 10.2. The number of nitrogens with one attached hydrogen (secondary N) is 1. The Morgan fingerprint density at radius 2 is 1.85 bits per heavy atom. The van der Waals surface area contributed by atoms with Gasteiger partial charge in [-0.3, -0.25) is 9.59 Å². The van der Waals surface area contributed by atoms with Crippen LogP contribution in [0.4, 0.5) is 0 Å². The second kappa shape index (κ2) is 10.3. The summed E-state index contributed by atoms with van der Waals surface area (Å²) >= 11 is 6.09. The van der Waals surface area contributed by atoms with E-state index < -0.39 is 5.97 Å². The zero-order valence-electron chi connectivity index (χ0n) is 14.2. The lowest BCUT2D eigenvalue weighted by molar-refractivity contribution is -0.137.